The van der Waals surface area contributed by atoms with E-state index in [1.807, 2.05) is 6.07 Å². The number of carbonyl (C=O) groups is 4. The minimum atomic E-state index is -1.57. The molecule has 0 bridgehead atoms. The van der Waals surface area contributed by atoms with Gasteiger partial charge in [0.2, 0.25) is 5.78 Å². The zero-order chi connectivity index (χ0) is 36.9. The second kappa shape index (κ2) is 35.3. The number of aliphatic carboxylic acids is 1. The third-order valence-electron chi connectivity index (χ3n) is 6.10. The Bertz CT molecular complexity index is 994. The molecule has 17 nitrogen and oxygen atoms in total. The first-order valence-corrected chi connectivity index (χ1v) is 16.9. The lowest BCUT2D eigenvalue weighted by Crippen LogP contribution is -2.17. The van der Waals surface area contributed by atoms with Crippen molar-refractivity contribution in [2.24, 2.45) is 0 Å². The smallest absolute Gasteiger partial charge is 0.372 e. The van der Waals surface area contributed by atoms with Crippen LogP contribution in [0.15, 0.2) is 30.3 Å². The largest absolute Gasteiger partial charge is 0.476 e. The van der Waals surface area contributed by atoms with Crippen LogP contribution in [0.1, 0.15) is 23.2 Å². The van der Waals surface area contributed by atoms with Crippen LogP contribution in [0.3, 0.4) is 0 Å². The fraction of sp³-hybridized carbons (Fsp3) is 0.706. The molecule has 0 unspecified atom stereocenters. The number of carboxylic acids is 1. The Labute approximate surface area is 298 Å². The van der Waals surface area contributed by atoms with Gasteiger partial charge in [-0.25, -0.2) is 9.59 Å². The maximum Gasteiger partial charge on any atom is 0.372 e. The molecule has 0 atom stereocenters. The van der Waals surface area contributed by atoms with Crippen LogP contribution < -0.4 is 0 Å². The van der Waals surface area contributed by atoms with Crippen LogP contribution in [0.2, 0.25) is 0 Å². The molecular weight excluding hydrogens is 680 g/mol. The summed E-state index contributed by atoms with van der Waals surface area (Å²) >= 11 is 0. The summed E-state index contributed by atoms with van der Waals surface area (Å²) in [5.74, 6) is -3.62. The molecule has 1 rings (SSSR count). The summed E-state index contributed by atoms with van der Waals surface area (Å²) in [5.41, 5.74) is 0.514. The van der Waals surface area contributed by atoms with E-state index in [1.54, 1.807) is 24.3 Å². The van der Waals surface area contributed by atoms with Crippen molar-refractivity contribution in [3.63, 3.8) is 0 Å². The van der Waals surface area contributed by atoms with Gasteiger partial charge >= 0.3 is 17.9 Å². The molecule has 0 heterocycles. The molecular formula is C34H54O17. The highest BCUT2D eigenvalue weighted by atomic mass is 16.6. The van der Waals surface area contributed by atoms with Crippen molar-refractivity contribution in [3.05, 3.63) is 35.9 Å². The van der Waals surface area contributed by atoms with Crippen molar-refractivity contribution in [1.82, 2.24) is 0 Å². The van der Waals surface area contributed by atoms with Gasteiger partial charge in [-0.1, -0.05) is 18.2 Å². The van der Waals surface area contributed by atoms with Crippen molar-refractivity contribution in [2.45, 2.75) is 12.8 Å². The molecule has 0 amide bonds. The van der Waals surface area contributed by atoms with Gasteiger partial charge in [0.1, 0.15) is 13.2 Å². The van der Waals surface area contributed by atoms with Gasteiger partial charge < -0.3 is 61.9 Å². The summed E-state index contributed by atoms with van der Waals surface area (Å²) in [6.45, 7) is 8.39. The predicted octanol–water partition coefficient (Wildman–Crippen LogP) is 0.987. The van der Waals surface area contributed by atoms with Crippen LogP contribution in [0.5, 0.6) is 0 Å². The Balaban J connectivity index is 1.65. The minimum Gasteiger partial charge on any atom is -0.476 e. The summed E-state index contributed by atoms with van der Waals surface area (Å²) in [7, 11) is 0. The Hall–Kier alpha value is -3.10. The molecule has 292 valence electrons. The van der Waals surface area contributed by atoms with E-state index in [2.05, 4.69) is 0 Å². The second-order valence-corrected chi connectivity index (χ2v) is 10.1. The first-order chi connectivity index (χ1) is 25.0. The number of hydrogen-bond acceptors (Lipinski definition) is 16. The van der Waals surface area contributed by atoms with E-state index in [4.69, 9.17) is 61.9 Å². The molecule has 0 aliphatic rings. The van der Waals surface area contributed by atoms with Gasteiger partial charge in [-0.3, -0.25) is 9.59 Å². The number of carbonyl (C=O) groups excluding carboxylic acids is 3. The van der Waals surface area contributed by atoms with Crippen molar-refractivity contribution in [1.29, 1.82) is 0 Å². The van der Waals surface area contributed by atoms with Crippen molar-refractivity contribution in [3.8, 4) is 0 Å². The molecule has 1 N–H and O–H groups in total. The standard InChI is InChI=1S/C34H54O17/c35-31(33(37)38)6-7-32(36)50-28-26-48-24-22-46-20-18-44-16-14-42-12-10-40-8-9-41-11-13-43-15-17-45-19-21-47-23-25-49-27-29-51-34(39)30-4-2-1-3-5-30/h1-5H,6-29H2,(H,37,38). The number of benzene rings is 1. The molecule has 0 fully saturated rings. The molecule has 0 aliphatic carbocycles. The normalized spacial score (nSPS) is 11.1. The van der Waals surface area contributed by atoms with Crippen LogP contribution in [0.4, 0.5) is 0 Å². The van der Waals surface area contributed by atoms with Crippen molar-refractivity contribution < 1.29 is 81.1 Å². The van der Waals surface area contributed by atoms with E-state index in [1.165, 1.54) is 0 Å². The highest BCUT2D eigenvalue weighted by molar-refractivity contribution is 6.32. The van der Waals surface area contributed by atoms with Gasteiger partial charge in [-0.05, 0) is 12.1 Å². The minimum absolute atomic E-state index is 0.00836. The van der Waals surface area contributed by atoms with E-state index < -0.39 is 24.1 Å². The number of rotatable bonds is 38. The first kappa shape index (κ1) is 45.9. The van der Waals surface area contributed by atoms with Gasteiger partial charge in [0.05, 0.1) is 144 Å². The summed E-state index contributed by atoms with van der Waals surface area (Å²) in [6.07, 6.45) is -0.669. The third-order valence-corrected chi connectivity index (χ3v) is 6.10. The molecule has 0 aliphatic heterocycles. The Morgan fingerprint density at radius 2 is 0.686 bits per heavy atom. The molecule has 0 saturated carbocycles. The van der Waals surface area contributed by atoms with Crippen LogP contribution in [-0.2, 0) is 71.2 Å². The maximum atomic E-state index is 11.8. The van der Waals surface area contributed by atoms with E-state index in [0.717, 1.165) is 0 Å². The molecule has 0 saturated heterocycles. The molecule has 17 heteroatoms. The van der Waals surface area contributed by atoms with E-state index >= 15 is 0 Å². The highest BCUT2D eigenvalue weighted by Gasteiger charge is 2.14. The summed E-state index contributed by atoms with van der Waals surface area (Å²) in [6, 6.07) is 8.80. The molecule has 51 heavy (non-hydrogen) atoms. The fourth-order valence-corrected chi connectivity index (χ4v) is 3.54. The Morgan fingerprint density at radius 1 is 0.392 bits per heavy atom. The van der Waals surface area contributed by atoms with Crippen LogP contribution in [0, 0.1) is 0 Å². The van der Waals surface area contributed by atoms with Gasteiger partial charge in [0, 0.05) is 6.42 Å². The lowest BCUT2D eigenvalue weighted by Gasteiger charge is -2.09. The Morgan fingerprint density at radius 3 is 1.00 bits per heavy atom. The molecule has 0 spiro atoms. The third kappa shape index (κ3) is 31.4. The van der Waals surface area contributed by atoms with Crippen LogP contribution in [-0.4, -0.2) is 174 Å². The predicted molar refractivity (Wildman–Crippen MR) is 178 cm³/mol. The lowest BCUT2D eigenvalue weighted by atomic mass is 10.2. The summed E-state index contributed by atoms with van der Waals surface area (Å²) in [4.78, 5) is 44.4. The van der Waals surface area contributed by atoms with Gasteiger partial charge in [0.15, 0.2) is 0 Å². The number of ketones is 1. The second-order valence-electron chi connectivity index (χ2n) is 10.1. The number of ether oxygens (including phenoxy) is 12. The van der Waals surface area contributed by atoms with Gasteiger partial charge in [0.25, 0.3) is 0 Å². The zero-order valence-electron chi connectivity index (χ0n) is 29.3. The number of Topliss-reactive ketones (excluding diaryl/α,β-unsaturated/α-hetero) is 1. The van der Waals surface area contributed by atoms with E-state index in [0.29, 0.717) is 131 Å². The molecule has 1 aromatic rings. The van der Waals surface area contributed by atoms with E-state index in [-0.39, 0.29) is 32.2 Å². The number of esters is 2. The lowest BCUT2D eigenvalue weighted by molar-refractivity contribution is -0.151. The monoisotopic (exact) mass is 734 g/mol. The van der Waals surface area contributed by atoms with Crippen molar-refractivity contribution in [2.75, 3.05) is 145 Å². The Kier molecular flexibility index (Phi) is 31.8. The summed E-state index contributed by atoms with van der Waals surface area (Å²) < 4.78 is 64.0. The SMILES string of the molecule is O=C(CCC(=O)C(=O)O)OCCOCCOCCOCCOCCOCCOCCOCCOCCOCCOCCOC(=O)c1ccccc1. The zero-order valence-corrected chi connectivity index (χ0v) is 29.3. The maximum absolute atomic E-state index is 11.8. The average molecular weight is 735 g/mol. The fourth-order valence-electron chi connectivity index (χ4n) is 3.54. The first-order valence-electron chi connectivity index (χ1n) is 16.9. The van der Waals surface area contributed by atoms with Crippen LogP contribution >= 0.6 is 0 Å². The molecule has 0 aromatic heterocycles. The van der Waals surface area contributed by atoms with Crippen LogP contribution in [0.25, 0.3) is 0 Å². The summed E-state index contributed by atoms with van der Waals surface area (Å²) in [5, 5.41) is 8.44. The molecule has 0 radical (unpaired) electrons. The number of carboxylic acid groups (broad SMARTS) is 1. The van der Waals surface area contributed by atoms with Crippen molar-refractivity contribution >= 4 is 23.7 Å². The topological polar surface area (TPSA) is 199 Å². The number of hydrogen-bond donors (Lipinski definition) is 1. The average Bonchev–Trinajstić information content (AvgIpc) is 3.14. The van der Waals surface area contributed by atoms with E-state index in [9.17, 15) is 19.2 Å². The quantitative estimate of drug-likeness (QED) is 0.0572. The molecule has 1 aromatic carbocycles. The highest BCUT2D eigenvalue weighted by Crippen LogP contribution is 2.01. The van der Waals surface area contributed by atoms with Gasteiger partial charge in [-0.15, -0.1) is 0 Å². The van der Waals surface area contributed by atoms with Gasteiger partial charge in [-0.2, -0.15) is 0 Å².